The van der Waals surface area contributed by atoms with E-state index in [-0.39, 0.29) is 5.69 Å². The average molecular weight is 228 g/mol. The van der Waals surface area contributed by atoms with E-state index in [4.69, 9.17) is 0 Å². The molecule has 0 atom stereocenters. The first kappa shape index (κ1) is 9.77. The van der Waals surface area contributed by atoms with Gasteiger partial charge in [0.05, 0.1) is 10.5 Å². The summed E-state index contributed by atoms with van der Waals surface area (Å²) < 4.78 is 0.769. The van der Waals surface area contributed by atoms with Crippen LogP contribution in [0.2, 0.25) is 0 Å². The van der Waals surface area contributed by atoms with Crippen LogP contribution >= 0.6 is 0 Å². The minimum atomic E-state index is -0.448. The summed E-state index contributed by atoms with van der Waals surface area (Å²) in [6.07, 6.45) is 2.07. The highest BCUT2D eigenvalue weighted by Gasteiger charge is 2.27. The molecule has 84 valence electrons. The first-order valence-corrected chi connectivity index (χ1v) is 5.15. The molecule has 0 saturated heterocycles. The number of aromatic nitrogens is 1. The van der Waals surface area contributed by atoms with E-state index >= 15 is 0 Å². The SMILES string of the molecule is O=[N+]([O-])c1ccc2c(c1)-c1c(ccc[n+]1[O-])C2. The van der Waals surface area contributed by atoms with Gasteiger partial charge in [0.15, 0.2) is 6.20 Å². The summed E-state index contributed by atoms with van der Waals surface area (Å²) in [6, 6.07) is 8.21. The molecule has 0 N–H and O–H groups in total. The smallest absolute Gasteiger partial charge is 0.270 e. The van der Waals surface area contributed by atoms with Crippen LogP contribution in [0, 0.1) is 15.3 Å². The van der Waals surface area contributed by atoms with E-state index in [1.807, 2.05) is 6.07 Å². The Morgan fingerprint density at radius 3 is 2.82 bits per heavy atom. The second kappa shape index (κ2) is 3.28. The number of non-ortho nitro benzene ring substituents is 1. The molecule has 0 saturated carbocycles. The number of hydrogen-bond acceptors (Lipinski definition) is 3. The van der Waals surface area contributed by atoms with Crippen molar-refractivity contribution in [3.05, 3.63) is 63.0 Å². The van der Waals surface area contributed by atoms with Crippen LogP contribution in [-0.2, 0) is 6.42 Å². The normalized spacial score (nSPS) is 12.0. The van der Waals surface area contributed by atoms with Crippen molar-refractivity contribution in [2.75, 3.05) is 0 Å². The Balaban J connectivity index is 2.26. The minimum Gasteiger partial charge on any atom is -0.618 e. The predicted octanol–water partition coefficient (Wildman–Crippen LogP) is 1.80. The van der Waals surface area contributed by atoms with Gasteiger partial charge in [-0.15, -0.1) is 0 Å². The maximum atomic E-state index is 11.7. The molecule has 17 heavy (non-hydrogen) atoms. The lowest BCUT2D eigenvalue weighted by Gasteiger charge is -2.02. The summed E-state index contributed by atoms with van der Waals surface area (Å²) in [4.78, 5) is 10.3. The van der Waals surface area contributed by atoms with Crippen LogP contribution in [0.5, 0.6) is 0 Å². The highest BCUT2D eigenvalue weighted by Crippen LogP contribution is 2.35. The van der Waals surface area contributed by atoms with Gasteiger partial charge in [-0.25, -0.2) is 0 Å². The molecule has 0 aliphatic heterocycles. The molecular weight excluding hydrogens is 220 g/mol. The molecule has 1 heterocycles. The molecule has 0 amide bonds. The van der Waals surface area contributed by atoms with Crippen molar-refractivity contribution < 1.29 is 9.65 Å². The highest BCUT2D eigenvalue weighted by atomic mass is 16.6. The number of rotatable bonds is 1. The van der Waals surface area contributed by atoms with Gasteiger partial charge in [-0.2, -0.15) is 4.73 Å². The van der Waals surface area contributed by atoms with E-state index in [1.165, 1.54) is 18.3 Å². The average Bonchev–Trinajstić information content (AvgIpc) is 2.67. The lowest BCUT2D eigenvalue weighted by Crippen LogP contribution is -2.28. The third kappa shape index (κ3) is 1.36. The van der Waals surface area contributed by atoms with Crippen molar-refractivity contribution in [2.24, 2.45) is 0 Å². The summed E-state index contributed by atoms with van der Waals surface area (Å²) in [6.45, 7) is 0. The van der Waals surface area contributed by atoms with Crippen LogP contribution in [0.3, 0.4) is 0 Å². The Morgan fingerprint density at radius 2 is 2.06 bits per heavy atom. The van der Waals surface area contributed by atoms with E-state index in [9.17, 15) is 15.3 Å². The van der Waals surface area contributed by atoms with Gasteiger partial charge in [0.1, 0.15) is 0 Å². The Bertz CT molecular complexity index is 638. The molecule has 1 aliphatic rings. The van der Waals surface area contributed by atoms with Crippen LogP contribution in [-0.4, -0.2) is 4.92 Å². The fourth-order valence-corrected chi connectivity index (χ4v) is 2.22. The van der Waals surface area contributed by atoms with Gasteiger partial charge in [0.2, 0.25) is 5.69 Å². The minimum absolute atomic E-state index is 0.0143. The number of fused-ring (bicyclic) bond motifs is 3. The van der Waals surface area contributed by atoms with Gasteiger partial charge in [-0.05, 0) is 11.6 Å². The first-order valence-electron chi connectivity index (χ1n) is 5.15. The summed E-state index contributed by atoms with van der Waals surface area (Å²) in [7, 11) is 0. The fourth-order valence-electron chi connectivity index (χ4n) is 2.22. The zero-order chi connectivity index (χ0) is 12.0. The molecular formula is C12H8N2O3. The van der Waals surface area contributed by atoms with Gasteiger partial charge >= 0.3 is 0 Å². The highest BCUT2D eigenvalue weighted by molar-refractivity contribution is 5.73. The van der Waals surface area contributed by atoms with Crippen molar-refractivity contribution in [3.63, 3.8) is 0 Å². The van der Waals surface area contributed by atoms with Crippen molar-refractivity contribution in [3.8, 4) is 11.3 Å². The number of nitro benzene ring substituents is 1. The van der Waals surface area contributed by atoms with Crippen molar-refractivity contribution in [1.29, 1.82) is 0 Å². The van der Waals surface area contributed by atoms with E-state index in [0.29, 0.717) is 17.7 Å². The molecule has 5 nitrogen and oxygen atoms in total. The molecule has 0 bridgehead atoms. The summed E-state index contributed by atoms with van der Waals surface area (Å²) in [5.41, 5.74) is 3.09. The third-order valence-corrected chi connectivity index (χ3v) is 2.98. The Labute approximate surface area is 96.7 Å². The number of nitrogens with zero attached hydrogens (tertiary/aromatic N) is 2. The first-order chi connectivity index (χ1) is 8.16. The summed E-state index contributed by atoms with van der Waals surface area (Å²) >= 11 is 0. The largest absolute Gasteiger partial charge is 0.618 e. The van der Waals surface area contributed by atoms with Crippen LogP contribution in [0.4, 0.5) is 5.69 Å². The molecule has 1 aromatic carbocycles. The van der Waals surface area contributed by atoms with Crippen molar-refractivity contribution in [1.82, 2.24) is 0 Å². The lowest BCUT2D eigenvalue weighted by atomic mass is 10.1. The van der Waals surface area contributed by atoms with Crippen LogP contribution in [0.1, 0.15) is 11.1 Å². The van der Waals surface area contributed by atoms with E-state index in [2.05, 4.69) is 0 Å². The number of pyridine rings is 1. The zero-order valence-electron chi connectivity index (χ0n) is 8.79. The second-order valence-electron chi connectivity index (χ2n) is 3.98. The predicted molar refractivity (Wildman–Crippen MR) is 60.3 cm³/mol. The van der Waals surface area contributed by atoms with E-state index < -0.39 is 4.92 Å². The molecule has 1 aliphatic carbocycles. The summed E-state index contributed by atoms with van der Waals surface area (Å²) in [5.74, 6) is 0. The molecule has 0 spiro atoms. The van der Waals surface area contributed by atoms with E-state index in [0.717, 1.165) is 15.9 Å². The number of hydrogen-bond donors (Lipinski definition) is 0. The van der Waals surface area contributed by atoms with Crippen LogP contribution < -0.4 is 4.73 Å². The second-order valence-corrected chi connectivity index (χ2v) is 3.98. The van der Waals surface area contributed by atoms with Gasteiger partial charge in [-0.1, -0.05) is 6.07 Å². The van der Waals surface area contributed by atoms with Gasteiger partial charge in [0, 0.05) is 30.2 Å². The van der Waals surface area contributed by atoms with Crippen LogP contribution in [0.25, 0.3) is 11.3 Å². The standard InChI is InChI=1S/C12H8N2O3/c15-13-5-1-2-9-6-8-3-4-10(14(16)17)7-11(8)12(9)13/h1-5,7H,6H2. The molecule has 0 fully saturated rings. The maximum absolute atomic E-state index is 11.7. The number of nitro groups is 1. The third-order valence-electron chi connectivity index (χ3n) is 2.98. The maximum Gasteiger partial charge on any atom is 0.270 e. The quantitative estimate of drug-likeness (QED) is 0.276. The number of benzene rings is 1. The van der Waals surface area contributed by atoms with Gasteiger partial charge in [0.25, 0.3) is 5.69 Å². The van der Waals surface area contributed by atoms with Crippen LogP contribution in [0.15, 0.2) is 36.5 Å². The van der Waals surface area contributed by atoms with Crippen molar-refractivity contribution in [2.45, 2.75) is 6.42 Å². The molecule has 3 rings (SSSR count). The van der Waals surface area contributed by atoms with Gasteiger partial charge in [-0.3, -0.25) is 10.1 Å². The molecule has 0 unspecified atom stereocenters. The molecule has 5 heteroatoms. The molecule has 2 aromatic rings. The van der Waals surface area contributed by atoms with Crippen molar-refractivity contribution >= 4 is 5.69 Å². The zero-order valence-corrected chi connectivity index (χ0v) is 8.79. The summed E-state index contributed by atoms with van der Waals surface area (Å²) in [5, 5.41) is 22.4. The molecule has 1 aromatic heterocycles. The van der Waals surface area contributed by atoms with Gasteiger partial charge < -0.3 is 5.21 Å². The Hall–Kier alpha value is -2.43. The lowest BCUT2D eigenvalue weighted by molar-refractivity contribution is -0.593. The van der Waals surface area contributed by atoms with E-state index in [1.54, 1.807) is 12.1 Å². The monoisotopic (exact) mass is 228 g/mol. The topological polar surface area (TPSA) is 70.1 Å². The fraction of sp³-hybridized carbons (Fsp3) is 0.0833. The Kier molecular flexibility index (Phi) is 1.89. The molecule has 0 radical (unpaired) electrons. The Morgan fingerprint density at radius 1 is 1.24 bits per heavy atom.